The number of benzene rings is 2. The molecule has 0 unspecified atom stereocenters. The molecule has 0 amide bonds. The van der Waals surface area contributed by atoms with Gasteiger partial charge in [0.1, 0.15) is 0 Å². The Morgan fingerprint density at radius 1 is 1.12 bits per heavy atom. The van der Waals surface area contributed by atoms with Gasteiger partial charge in [0, 0.05) is 42.1 Å². The second kappa shape index (κ2) is 8.76. The van der Waals surface area contributed by atoms with Crippen molar-refractivity contribution in [3.05, 3.63) is 65.2 Å². The van der Waals surface area contributed by atoms with Gasteiger partial charge in [0.2, 0.25) is 5.88 Å². The van der Waals surface area contributed by atoms with Crippen molar-refractivity contribution < 1.29 is 13.2 Å². The number of nitrogens with zero attached hydrogens (tertiary/aromatic N) is 3. The molecule has 0 spiro atoms. The minimum absolute atomic E-state index is 0.144. The molecule has 1 fully saturated rings. The SMILES string of the molecule is COc1ccc(-c2cc(Nc3cccc4c3CCN([C@H]3CCS(=O)(=O)C3)C4)ccc2C)nn1. The first-order chi connectivity index (χ1) is 15.9. The molecule has 2 aromatic carbocycles. The molecule has 3 heterocycles. The van der Waals surface area contributed by atoms with Crippen LogP contribution in [0.4, 0.5) is 11.4 Å². The number of fused-ring (bicyclic) bond motifs is 1. The summed E-state index contributed by atoms with van der Waals surface area (Å²) in [7, 11) is -1.30. The summed E-state index contributed by atoms with van der Waals surface area (Å²) in [6.45, 7) is 3.74. The van der Waals surface area contributed by atoms with Gasteiger partial charge >= 0.3 is 0 Å². The highest BCUT2D eigenvalue weighted by molar-refractivity contribution is 7.91. The highest BCUT2D eigenvalue weighted by Crippen LogP contribution is 2.33. The lowest BCUT2D eigenvalue weighted by molar-refractivity contribution is 0.194. The maximum atomic E-state index is 11.9. The van der Waals surface area contributed by atoms with E-state index in [9.17, 15) is 8.42 Å². The summed E-state index contributed by atoms with van der Waals surface area (Å²) in [6, 6.07) is 16.5. The first kappa shape index (κ1) is 21.9. The monoisotopic (exact) mass is 464 g/mol. The highest BCUT2D eigenvalue weighted by atomic mass is 32.2. The fourth-order valence-electron chi connectivity index (χ4n) is 4.83. The quantitative estimate of drug-likeness (QED) is 0.616. The zero-order chi connectivity index (χ0) is 23.0. The summed E-state index contributed by atoms with van der Waals surface area (Å²) in [6.07, 6.45) is 1.65. The van der Waals surface area contributed by atoms with Crippen molar-refractivity contribution in [2.45, 2.75) is 32.4 Å². The molecule has 33 heavy (non-hydrogen) atoms. The molecule has 2 aliphatic rings. The minimum atomic E-state index is -2.88. The van der Waals surface area contributed by atoms with Crippen molar-refractivity contribution in [3.63, 3.8) is 0 Å². The Hall–Kier alpha value is -2.97. The Balaban J connectivity index is 1.37. The maximum absolute atomic E-state index is 11.9. The van der Waals surface area contributed by atoms with E-state index in [1.165, 1.54) is 11.1 Å². The summed E-state index contributed by atoms with van der Waals surface area (Å²) in [5.41, 5.74) is 7.61. The normalized spacial score (nSPS) is 19.8. The number of rotatable bonds is 5. The fourth-order valence-corrected chi connectivity index (χ4v) is 6.59. The number of nitrogens with one attached hydrogen (secondary N) is 1. The van der Waals surface area contributed by atoms with Crippen LogP contribution in [0.15, 0.2) is 48.5 Å². The molecular weight excluding hydrogens is 436 g/mol. The molecule has 5 rings (SSSR count). The lowest BCUT2D eigenvalue weighted by atomic mass is 9.96. The Bertz CT molecular complexity index is 1280. The van der Waals surface area contributed by atoms with E-state index in [1.54, 1.807) is 7.11 Å². The first-order valence-electron chi connectivity index (χ1n) is 11.2. The number of aryl methyl sites for hydroxylation is 1. The predicted octanol–water partition coefficient (Wildman–Crippen LogP) is 3.75. The molecule has 3 aromatic rings. The number of methoxy groups -OCH3 is 1. The lowest BCUT2D eigenvalue weighted by Crippen LogP contribution is -2.40. The molecule has 0 aliphatic carbocycles. The van der Waals surface area contributed by atoms with Gasteiger partial charge in [0.05, 0.1) is 24.3 Å². The Kier molecular flexibility index (Phi) is 5.80. The molecular formula is C25H28N4O3S. The number of sulfone groups is 1. The van der Waals surface area contributed by atoms with Gasteiger partial charge in [-0.15, -0.1) is 10.2 Å². The van der Waals surface area contributed by atoms with Crippen LogP contribution in [0.5, 0.6) is 5.88 Å². The number of aromatic nitrogens is 2. The maximum Gasteiger partial charge on any atom is 0.233 e. The first-order valence-corrected chi connectivity index (χ1v) is 13.0. The molecule has 1 aromatic heterocycles. The molecule has 1 N–H and O–H groups in total. The van der Waals surface area contributed by atoms with E-state index < -0.39 is 9.84 Å². The topological polar surface area (TPSA) is 84.4 Å². The molecule has 1 saturated heterocycles. The van der Waals surface area contributed by atoms with Crippen molar-refractivity contribution in [3.8, 4) is 17.1 Å². The standard InChI is InChI=1S/C25H28N4O3S/c1-17-6-7-19(14-22(17)24-8-9-25(32-2)28-27-24)26-23-5-3-4-18-15-29(12-10-21(18)23)20-11-13-33(30,31)16-20/h3-9,14,20,26H,10-13,15-16H2,1-2H3/t20-/m0/s1. The lowest BCUT2D eigenvalue weighted by Gasteiger charge is -2.34. The summed E-state index contributed by atoms with van der Waals surface area (Å²) >= 11 is 0. The Morgan fingerprint density at radius 3 is 2.73 bits per heavy atom. The van der Waals surface area contributed by atoms with Crippen molar-refractivity contribution in [2.75, 3.05) is 30.5 Å². The van der Waals surface area contributed by atoms with E-state index in [2.05, 4.69) is 63.7 Å². The summed E-state index contributed by atoms with van der Waals surface area (Å²) in [4.78, 5) is 2.34. The van der Waals surface area contributed by atoms with E-state index in [1.807, 2.05) is 12.1 Å². The van der Waals surface area contributed by atoms with Gasteiger partial charge in [-0.25, -0.2) is 8.42 Å². The molecule has 0 saturated carbocycles. The predicted molar refractivity (Wildman–Crippen MR) is 130 cm³/mol. The number of hydrogen-bond acceptors (Lipinski definition) is 7. The van der Waals surface area contributed by atoms with Crippen LogP contribution in [-0.2, 0) is 22.8 Å². The zero-order valence-electron chi connectivity index (χ0n) is 18.9. The van der Waals surface area contributed by atoms with Gasteiger partial charge in [0.15, 0.2) is 9.84 Å². The van der Waals surface area contributed by atoms with Crippen LogP contribution in [0, 0.1) is 6.92 Å². The van der Waals surface area contributed by atoms with Crippen molar-refractivity contribution >= 4 is 21.2 Å². The third-order valence-electron chi connectivity index (χ3n) is 6.66. The smallest absolute Gasteiger partial charge is 0.233 e. The molecule has 0 radical (unpaired) electrons. The molecule has 7 nitrogen and oxygen atoms in total. The average Bonchev–Trinajstić information content (AvgIpc) is 3.20. The van der Waals surface area contributed by atoms with Crippen LogP contribution in [0.2, 0.25) is 0 Å². The third-order valence-corrected chi connectivity index (χ3v) is 8.41. The average molecular weight is 465 g/mol. The fraction of sp³-hybridized carbons (Fsp3) is 0.360. The summed E-state index contributed by atoms with van der Waals surface area (Å²) in [5, 5.41) is 12.0. The van der Waals surface area contributed by atoms with Crippen LogP contribution in [0.3, 0.4) is 0 Å². The van der Waals surface area contributed by atoms with Gasteiger partial charge in [-0.05, 0) is 60.7 Å². The van der Waals surface area contributed by atoms with Crippen molar-refractivity contribution in [1.82, 2.24) is 15.1 Å². The van der Waals surface area contributed by atoms with Crippen LogP contribution < -0.4 is 10.1 Å². The van der Waals surface area contributed by atoms with Gasteiger partial charge < -0.3 is 10.1 Å². The second-order valence-corrected chi connectivity index (χ2v) is 11.1. The van der Waals surface area contributed by atoms with E-state index in [0.717, 1.165) is 54.1 Å². The van der Waals surface area contributed by atoms with Crippen LogP contribution >= 0.6 is 0 Å². The Labute approximate surface area is 194 Å². The second-order valence-electron chi connectivity index (χ2n) is 8.84. The van der Waals surface area contributed by atoms with E-state index >= 15 is 0 Å². The zero-order valence-corrected chi connectivity index (χ0v) is 19.7. The number of ether oxygens (including phenoxy) is 1. The van der Waals surface area contributed by atoms with E-state index in [-0.39, 0.29) is 6.04 Å². The molecule has 1 atom stereocenters. The highest BCUT2D eigenvalue weighted by Gasteiger charge is 2.34. The van der Waals surface area contributed by atoms with E-state index in [0.29, 0.717) is 17.4 Å². The van der Waals surface area contributed by atoms with Crippen LogP contribution in [0.1, 0.15) is 23.1 Å². The number of anilines is 2. The largest absolute Gasteiger partial charge is 0.480 e. The van der Waals surface area contributed by atoms with Gasteiger partial charge in [-0.2, -0.15) is 0 Å². The van der Waals surface area contributed by atoms with Gasteiger partial charge in [0.25, 0.3) is 0 Å². The van der Waals surface area contributed by atoms with E-state index in [4.69, 9.17) is 4.74 Å². The van der Waals surface area contributed by atoms with Crippen LogP contribution in [-0.4, -0.2) is 54.7 Å². The molecule has 2 aliphatic heterocycles. The minimum Gasteiger partial charge on any atom is -0.480 e. The molecule has 0 bridgehead atoms. The Morgan fingerprint density at radius 2 is 2.00 bits per heavy atom. The molecule has 172 valence electrons. The third kappa shape index (κ3) is 4.58. The summed E-state index contributed by atoms with van der Waals surface area (Å²) < 4.78 is 29.0. The number of hydrogen-bond donors (Lipinski definition) is 1. The molecule has 8 heteroatoms. The van der Waals surface area contributed by atoms with Crippen molar-refractivity contribution in [2.24, 2.45) is 0 Å². The van der Waals surface area contributed by atoms with Crippen LogP contribution in [0.25, 0.3) is 11.3 Å². The van der Waals surface area contributed by atoms with Gasteiger partial charge in [-0.3, -0.25) is 4.90 Å². The van der Waals surface area contributed by atoms with Crippen molar-refractivity contribution in [1.29, 1.82) is 0 Å². The summed E-state index contributed by atoms with van der Waals surface area (Å²) in [5.74, 6) is 1.10. The van der Waals surface area contributed by atoms with Gasteiger partial charge in [-0.1, -0.05) is 18.2 Å².